The van der Waals surface area contributed by atoms with E-state index in [0.717, 1.165) is 36.4 Å². The highest BCUT2D eigenvalue weighted by molar-refractivity contribution is 6.40. The summed E-state index contributed by atoms with van der Waals surface area (Å²) in [4.78, 5) is 12.9. The van der Waals surface area contributed by atoms with Crippen molar-refractivity contribution in [2.45, 2.75) is 38.6 Å². The van der Waals surface area contributed by atoms with Gasteiger partial charge in [-0.15, -0.1) is 0 Å². The molecule has 0 spiro atoms. The molecule has 2 N–H and O–H groups in total. The quantitative estimate of drug-likeness (QED) is 0.436. The highest BCUT2D eigenvalue weighted by atomic mass is 35.5. The normalized spacial score (nSPS) is 17.0. The second-order valence-electron chi connectivity index (χ2n) is 7.45. The maximum Gasteiger partial charge on any atom is 0.312 e. The number of carbonyl (C=O) groups is 1. The molecular formula is C22H26Cl3N4O+. The van der Waals surface area contributed by atoms with Crippen molar-refractivity contribution < 1.29 is 9.80 Å². The van der Waals surface area contributed by atoms with Gasteiger partial charge in [0.1, 0.15) is 5.71 Å². The summed E-state index contributed by atoms with van der Waals surface area (Å²) in [6, 6.07) is 12.7. The fourth-order valence-electron chi connectivity index (χ4n) is 3.45. The molecule has 1 heterocycles. The third kappa shape index (κ3) is 5.67. The molecule has 1 aliphatic rings. The van der Waals surface area contributed by atoms with Crippen LogP contribution >= 0.6 is 34.8 Å². The Morgan fingerprint density at radius 2 is 1.83 bits per heavy atom. The molecule has 0 saturated heterocycles. The summed E-state index contributed by atoms with van der Waals surface area (Å²) < 4.78 is 0. The maximum absolute atomic E-state index is 12.9. The fourth-order valence-corrected chi connectivity index (χ4v) is 4.07. The Morgan fingerprint density at radius 3 is 2.50 bits per heavy atom. The van der Waals surface area contributed by atoms with Crippen molar-refractivity contribution in [1.82, 2.24) is 5.43 Å². The Morgan fingerprint density at radius 1 is 1.13 bits per heavy atom. The number of unbranched alkanes of at least 4 members (excludes halogenated alkanes) is 2. The number of hydrogen-bond acceptors (Lipinski definition) is 3. The molecule has 3 rings (SSSR count). The molecule has 2 atom stereocenters. The minimum Gasteiger partial charge on any atom is -0.263 e. The van der Waals surface area contributed by atoms with Gasteiger partial charge in [-0.25, -0.2) is 5.01 Å². The van der Waals surface area contributed by atoms with Crippen LogP contribution in [0.5, 0.6) is 0 Å². The van der Waals surface area contributed by atoms with Crippen LogP contribution < -0.4 is 15.4 Å². The van der Waals surface area contributed by atoms with Gasteiger partial charge in [0, 0.05) is 16.5 Å². The first-order valence-electron chi connectivity index (χ1n) is 10.1. The van der Waals surface area contributed by atoms with Crippen LogP contribution in [0.1, 0.15) is 44.2 Å². The number of quaternary nitrogens is 1. The van der Waals surface area contributed by atoms with E-state index in [9.17, 15) is 4.79 Å². The van der Waals surface area contributed by atoms with Crippen LogP contribution in [-0.4, -0.2) is 25.2 Å². The number of nitrogens with zero attached hydrogens (tertiary/aromatic N) is 2. The molecule has 0 fully saturated rings. The van der Waals surface area contributed by atoms with Gasteiger partial charge in [-0.05, 0) is 48.7 Å². The van der Waals surface area contributed by atoms with Crippen LogP contribution in [0.15, 0.2) is 47.6 Å². The molecule has 0 aliphatic carbocycles. The molecule has 30 heavy (non-hydrogen) atoms. The molecule has 1 aliphatic heterocycles. The molecule has 1 unspecified atom stereocenters. The van der Waals surface area contributed by atoms with Crippen molar-refractivity contribution in [1.29, 1.82) is 0 Å². The summed E-state index contributed by atoms with van der Waals surface area (Å²) in [5, 5.41) is 9.08. The number of halogens is 3. The predicted octanol–water partition coefficient (Wildman–Crippen LogP) is 4.69. The summed E-state index contributed by atoms with van der Waals surface area (Å²) in [5.41, 5.74) is 5.17. The summed E-state index contributed by atoms with van der Waals surface area (Å²) in [6.07, 6.45) is 3.83. The lowest BCUT2D eigenvalue weighted by Gasteiger charge is -2.25. The number of anilines is 1. The minimum absolute atomic E-state index is 0.165. The van der Waals surface area contributed by atoms with Crippen LogP contribution in [-0.2, 0) is 4.79 Å². The second kappa shape index (κ2) is 10.5. The number of amides is 1. The molecule has 0 aromatic heterocycles. The van der Waals surface area contributed by atoms with Crippen molar-refractivity contribution in [3.8, 4) is 0 Å². The van der Waals surface area contributed by atoms with E-state index >= 15 is 0 Å². The Hall–Kier alpha value is -1.79. The minimum atomic E-state index is -0.171. The van der Waals surface area contributed by atoms with E-state index in [4.69, 9.17) is 34.8 Å². The van der Waals surface area contributed by atoms with Crippen LogP contribution in [0.2, 0.25) is 15.1 Å². The third-order valence-electron chi connectivity index (χ3n) is 5.07. The van der Waals surface area contributed by atoms with E-state index in [1.54, 1.807) is 17.1 Å². The standard InChI is InChI=1S/C22H25Cl3N4O/c1-3-4-5-12-28(2)27-22(30)19-14-21(15-6-8-16(23)9-7-15)29(26-19)20-11-10-17(24)13-18(20)25/h6-11,13,21H,3-5,12,14H2,1-2H3,(H,27,30)/p+1/t21-/m0/s1. The largest absolute Gasteiger partial charge is 0.312 e. The molecule has 5 nitrogen and oxygen atoms in total. The first kappa shape index (κ1) is 22.9. The number of benzene rings is 2. The molecule has 2 aromatic rings. The van der Waals surface area contributed by atoms with Gasteiger partial charge in [0.15, 0.2) is 0 Å². The fraction of sp³-hybridized carbons (Fsp3) is 0.364. The zero-order valence-electron chi connectivity index (χ0n) is 17.1. The molecular weight excluding hydrogens is 443 g/mol. The van der Waals surface area contributed by atoms with Crippen molar-refractivity contribution in [2.75, 3.05) is 18.6 Å². The summed E-state index contributed by atoms with van der Waals surface area (Å²) in [5.74, 6) is -0.171. The zero-order valence-corrected chi connectivity index (χ0v) is 19.4. The van der Waals surface area contributed by atoms with E-state index in [2.05, 4.69) is 17.5 Å². The number of hydrazone groups is 1. The highest BCUT2D eigenvalue weighted by Gasteiger charge is 2.34. The predicted molar refractivity (Wildman–Crippen MR) is 125 cm³/mol. The van der Waals surface area contributed by atoms with Crippen molar-refractivity contribution >= 4 is 52.1 Å². The van der Waals surface area contributed by atoms with Crippen molar-refractivity contribution in [3.05, 3.63) is 63.1 Å². The van der Waals surface area contributed by atoms with Crippen LogP contribution in [0.4, 0.5) is 5.69 Å². The zero-order chi connectivity index (χ0) is 21.7. The van der Waals surface area contributed by atoms with E-state index < -0.39 is 0 Å². The summed E-state index contributed by atoms with van der Waals surface area (Å²) in [6.45, 7) is 3.04. The Bertz CT molecular complexity index is 917. The Labute approximate surface area is 192 Å². The van der Waals surface area contributed by atoms with E-state index in [1.165, 1.54) is 0 Å². The molecule has 2 aromatic carbocycles. The van der Waals surface area contributed by atoms with Gasteiger partial charge in [0.2, 0.25) is 0 Å². The van der Waals surface area contributed by atoms with Gasteiger partial charge >= 0.3 is 5.91 Å². The highest BCUT2D eigenvalue weighted by Crippen LogP contribution is 2.39. The van der Waals surface area contributed by atoms with Gasteiger partial charge in [-0.3, -0.25) is 9.80 Å². The van der Waals surface area contributed by atoms with Crippen LogP contribution in [0.25, 0.3) is 0 Å². The number of rotatable bonds is 8. The average Bonchev–Trinajstić information content (AvgIpc) is 3.14. The average molecular weight is 469 g/mol. The second-order valence-corrected chi connectivity index (χ2v) is 8.73. The van der Waals surface area contributed by atoms with E-state index in [1.807, 2.05) is 37.4 Å². The number of nitrogens with one attached hydrogen (secondary N) is 2. The first-order valence-corrected chi connectivity index (χ1v) is 11.2. The summed E-state index contributed by atoms with van der Waals surface area (Å²) in [7, 11) is 1.95. The molecule has 8 heteroatoms. The molecule has 1 amide bonds. The number of hydrogen-bond donors (Lipinski definition) is 2. The molecule has 0 saturated carbocycles. The Balaban J connectivity index is 1.84. The van der Waals surface area contributed by atoms with E-state index in [0.29, 0.717) is 32.9 Å². The SMILES string of the molecule is CCCCC[NH+](C)NC(=O)C1=NN(c2ccc(Cl)cc2Cl)[C@H](c2ccc(Cl)cc2)C1. The van der Waals surface area contributed by atoms with Crippen LogP contribution in [0.3, 0.4) is 0 Å². The lowest BCUT2D eigenvalue weighted by atomic mass is 10.0. The van der Waals surface area contributed by atoms with Crippen molar-refractivity contribution in [3.63, 3.8) is 0 Å². The maximum atomic E-state index is 12.9. The molecule has 0 radical (unpaired) electrons. The topological polar surface area (TPSA) is 49.1 Å². The number of carbonyl (C=O) groups excluding carboxylic acids is 1. The van der Waals surface area contributed by atoms with Gasteiger partial charge in [0.25, 0.3) is 0 Å². The summed E-state index contributed by atoms with van der Waals surface area (Å²) >= 11 is 18.6. The van der Waals surface area contributed by atoms with Crippen molar-refractivity contribution in [2.24, 2.45) is 5.10 Å². The Kier molecular flexibility index (Phi) is 8.00. The lowest BCUT2D eigenvalue weighted by Crippen LogP contribution is -3.16. The smallest absolute Gasteiger partial charge is 0.263 e. The first-order chi connectivity index (χ1) is 14.4. The molecule has 0 bridgehead atoms. The third-order valence-corrected chi connectivity index (χ3v) is 5.86. The van der Waals surface area contributed by atoms with Gasteiger partial charge in [0.05, 0.1) is 30.3 Å². The lowest BCUT2D eigenvalue weighted by molar-refractivity contribution is -0.916. The van der Waals surface area contributed by atoms with Gasteiger partial charge < -0.3 is 0 Å². The van der Waals surface area contributed by atoms with Gasteiger partial charge in [-0.2, -0.15) is 10.5 Å². The molecule has 160 valence electrons. The van der Waals surface area contributed by atoms with Gasteiger partial charge in [-0.1, -0.05) is 60.3 Å². The monoisotopic (exact) mass is 467 g/mol. The van der Waals surface area contributed by atoms with E-state index in [-0.39, 0.29) is 11.9 Å². The van der Waals surface area contributed by atoms with Crippen LogP contribution in [0, 0.1) is 0 Å².